The molecule has 0 radical (unpaired) electrons. The molecular weight excluding hydrogens is 338 g/mol. The van der Waals surface area contributed by atoms with Gasteiger partial charge in [-0.3, -0.25) is 4.90 Å². The summed E-state index contributed by atoms with van der Waals surface area (Å²) in [5, 5.41) is 0. The van der Waals surface area contributed by atoms with Crippen molar-refractivity contribution >= 4 is 15.9 Å². The van der Waals surface area contributed by atoms with Gasteiger partial charge in [0.2, 0.25) is 0 Å². The van der Waals surface area contributed by atoms with Crippen molar-refractivity contribution in [2.24, 2.45) is 5.92 Å². The number of nitrogens with zero attached hydrogens (tertiary/aromatic N) is 1. The van der Waals surface area contributed by atoms with Crippen LogP contribution in [0.25, 0.3) is 0 Å². The van der Waals surface area contributed by atoms with Gasteiger partial charge in [0.1, 0.15) is 5.82 Å². The summed E-state index contributed by atoms with van der Waals surface area (Å²) in [7, 11) is 0. The molecule has 1 aromatic carbocycles. The van der Waals surface area contributed by atoms with Gasteiger partial charge in [0.25, 0.3) is 0 Å². The predicted molar refractivity (Wildman–Crippen MR) is 72.9 cm³/mol. The Hall–Kier alpha value is -0.620. The average molecular weight is 354 g/mol. The molecule has 1 heterocycles. The molecule has 1 atom stereocenters. The lowest BCUT2D eigenvalue weighted by molar-refractivity contribution is -0.187. The zero-order valence-corrected chi connectivity index (χ0v) is 12.7. The zero-order chi connectivity index (χ0) is 14.9. The third-order valence-electron chi connectivity index (χ3n) is 3.74. The van der Waals surface area contributed by atoms with E-state index in [9.17, 15) is 17.6 Å². The van der Waals surface area contributed by atoms with Gasteiger partial charge in [0, 0.05) is 13.1 Å². The molecule has 112 valence electrons. The maximum absolute atomic E-state index is 13.5. The van der Waals surface area contributed by atoms with Crippen LogP contribution < -0.4 is 0 Å². The van der Waals surface area contributed by atoms with Crippen LogP contribution in [0.4, 0.5) is 17.6 Å². The number of likely N-dealkylation sites (tertiary alicyclic amines) is 1. The van der Waals surface area contributed by atoms with Gasteiger partial charge in [-0.15, -0.1) is 0 Å². The smallest absolute Gasteiger partial charge is 0.298 e. The van der Waals surface area contributed by atoms with E-state index in [4.69, 9.17) is 0 Å². The van der Waals surface area contributed by atoms with Crippen LogP contribution in [0.2, 0.25) is 0 Å². The summed E-state index contributed by atoms with van der Waals surface area (Å²) >= 11 is 3.10. The van der Waals surface area contributed by atoms with E-state index in [-0.39, 0.29) is 18.8 Å². The third-order valence-corrected chi connectivity index (χ3v) is 4.35. The number of alkyl halides is 3. The second kappa shape index (κ2) is 6.02. The maximum atomic E-state index is 13.5. The Kier molecular flexibility index (Phi) is 4.74. The van der Waals surface area contributed by atoms with E-state index in [1.807, 2.05) is 6.92 Å². The average Bonchev–Trinajstić information content (AvgIpc) is 2.35. The molecule has 6 heteroatoms. The summed E-state index contributed by atoms with van der Waals surface area (Å²) in [5.41, 5.74) is 1.63. The van der Waals surface area contributed by atoms with Crippen LogP contribution in [-0.4, -0.2) is 24.2 Å². The van der Waals surface area contributed by atoms with E-state index >= 15 is 0 Å². The molecule has 0 aromatic heterocycles. The molecule has 0 spiro atoms. The Bertz CT molecular complexity index is 487. The summed E-state index contributed by atoms with van der Waals surface area (Å²) < 4.78 is 52.2. The number of halogens is 5. The second-order valence-corrected chi connectivity index (χ2v) is 6.16. The van der Waals surface area contributed by atoms with Crippen molar-refractivity contribution in [3.63, 3.8) is 0 Å². The lowest BCUT2D eigenvalue weighted by Crippen LogP contribution is -2.41. The van der Waals surface area contributed by atoms with Crippen LogP contribution in [0.15, 0.2) is 16.6 Å². The lowest BCUT2D eigenvalue weighted by Gasteiger charge is -2.34. The number of piperidine rings is 1. The molecule has 20 heavy (non-hydrogen) atoms. The predicted octanol–water partition coefficient (Wildman–Crippen LogP) is 4.67. The number of aryl methyl sites for hydroxylation is 1. The summed E-state index contributed by atoms with van der Waals surface area (Å²) in [6, 6.07) is 3.06. The van der Waals surface area contributed by atoms with E-state index in [1.54, 1.807) is 11.0 Å². The quantitative estimate of drug-likeness (QED) is 0.698. The molecule has 0 bridgehead atoms. The summed E-state index contributed by atoms with van der Waals surface area (Å²) in [4.78, 5) is 1.76. The topological polar surface area (TPSA) is 3.24 Å². The first-order valence-corrected chi connectivity index (χ1v) is 7.30. The van der Waals surface area contributed by atoms with Crippen LogP contribution in [0.1, 0.15) is 24.0 Å². The van der Waals surface area contributed by atoms with Crippen LogP contribution in [0.3, 0.4) is 0 Å². The van der Waals surface area contributed by atoms with Crippen LogP contribution in [0, 0.1) is 18.7 Å². The molecule has 0 amide bonds. The summed E-state index contributed by atoms with van der Waals surface area (Å²) in [5.74, 6) is -1.65. The van der Waals surface area contributed by atoms with Gasteiger partial charge in [0.05, 0.1) is 10.4 Å². The largest absolute Gasteiger partial charge is 0.393 e. The first kappa shape index (κ1) is 15.8. The van der Waals surface area contributed by atoms with Gasteiger partial charge < -0.3 is 0 Å². The second-order valence-electron chi connectivity index (χ2n) is 5.31. The van der Waals surface area contributed by atoms with Crippen molar-refractivity contribution in [1.82, 2.24) is 4.90 Å². The molecule has 1 aliphatic rings. The van der Waals surface area contributed by atoms with Crippen molar-refractivity contribution in [2.75, 3.05) is 13.1 Å². The molecular formula is C14H16BrF4N. The van der Waals surface area contributed by atoms with Gasteiger partial charge in [-0.25, -0.2) is 4.39 Å². The fourth-order valence-electron chi connectivity index (χ4n) is 2.57. The van der Waals surface area contributed by atoms with Crippen LogP contribution in [0.5, 0.6) is 0 Å². The molecule has 1 aromatic rings. The fourth-order valence-corrected chi connectivity index (χ4v) is 3.02. The van der Waals surface area contributed by atoms with Crippen molar-refractivity contribution in [1.29, 1.82) is 0 Å². The Morgan fingerprint density at radius 2 is 2.05 bits per heavy atom. The van der Waals surface area contributed by atoms with E-state index in [1.165, 1.54) is 6.07 Å². The molecule has 1 aliphatic heterocycles. The van der Waals surface area contributed by atoms with Gasteiger partial charge in [-0.2, -0.15) is 13.2 Å². The third kappa shape index (κ3) is 3.73. The highest BCUT2D eigenvalue weighted by molar-refractivity contribution is 9.10. The first-order valence-electron chi connectivity index (χ1n) is 6.51. The molecule has 1 saturated heterocycles. The number of benzene rings is 1. The molecule has 2 rings (SSSR count). The standard InChI is InChI=1S/C14H16BrF4N/c1-9-5-12(15)13(16)6-10(9)7-20-4-2-3-11(8-20)14(17,18)19/h5-6,11H,2-4,7-8H2,1H3. The van der Waals surface area contributed by atoms with E-state index in [2.05, 4.69) is 15.9 Å². The molecule has 1 unspecified atom stereocenters. The van der Waals surface area contributed by atoms with E-state index in [0.717, 1.165) is 11.1 Å². The van der Waals surface area contributed by atoms with Gasteiger partial charge in [-0.05, 0) is 65.5 Å². The van der Waals surface area contributed by atoms with Gasteiger partial charge >= 0.3 is 6.18 Å². The molecule has 0 aliphatic carbocycles. The van der Waals surface area contributed by atoms with Crippen LogP contribution in [-0.2, 0) is 6.54 Å². The van der Waals surface area contributed by atoms with Gasteiger partial charge in [-0.1, -0.05) is 0 Å². The highest BCUT2D eigenvalue weighted by atomic mass is 79.9. The first-order chi connectivity index (χ1) is 9.27. The SMILES string of the molecule is Cc1cc(Br)c(F)cc1CN1CCCC(C(F)(F)F)C1. The zero-order valence-electron chi connectivity index (χ0n) is 11.1. The minimum atomic E-state index is -4.14. The van der Waals surface area contributed by atoms with Gasteiger partial charge in [0.15, 0.2) is 0 Å². The van der Waals surface area contributed by atoms with Crippen molar-refractivity contribution in [3.05, 3.63) is 33.5 Å². The molecule has 0 N–H and O–H groups in total. The lowest BCUT2D eigenvalue weighted by atomic mass is 9.96. The molecule has 0 saturated carbocycles. The minimum absolute atomic E-state index is 0.000618. The number of rotatable bonds is 2. The molecule has 1 fully saturated rings. The normalized spacial score (nSPS) is 21.2. The Morgan fingerprint density at radius 1 is 1.35 bits per heavy atom. The van der Waals surface area contributed by atoms with E-state index < -0.39 is 12.1 Å². The van der Waals surface area contributed by atoms with Crippen molar-refractivity contribution in [2.45, 2.75) is 32.5 Å². The molecule has 1 nitrogen and oxygen atoms in total. The Labute approximate surface area is 124 Å². The maximum Gasteiger partial charge on any atom is 0.393 e. The summed E-state index contributed by atoms with van der Waals surface area (Å²) in [6.45, 7) is 2.83. The Balaban J connectivity index is 2.08. The number of hydrogen-bond donors (Lipinski definition) is 0. The number of hydrogen-bond acceptors (Lipinski definition) is 1. The summed E-state index contributed by atoms with van der Waals surface area (Å²) in [6.07, 6.45) is -3.42. The van der Waals surface area contributed by atoms with Crippen LogP contribution >= 0.6 is 15.9 Å². The fraction of sp³-hybridized carbons (Fsp3) is 0.571. The highest BCUT2D eigenvalue weighted by Crippen LogP contribution is 2.34. The van der Waals surface area contributed by atoms with E-state index in [0.29, 0.717) is 24.0 Å². The van der Waals surface area contributed by atoms with Crippen molar-refractivity contribution < 1.29 is 17.6 Å². The highest BCUT2D eigenvalue weighted by Gasteiger charge is 2.41. The monoisotopic (exact) mass is 353 g/mol. The Morgan fingerprint density at radius 3 is 2.70 bits per heavy atom. The minimum Gasteiger partial charge on any atom is -0.298 e. The van der Waals surface area contributed by atoms with Crippen molar-refractivity contribution in [3.8, 4) is 0 Å².